The second-order valence-electron chi connectivity index (χ2n) is 4.82. The number of nitrogens with zero attached hydrogens (tertiary/aromatic N) is 3. The van der Waals surface area contributed by atoms with Crippen LogP contribution in [0, 0.1) is 0 Å². The molecule has 0 aliphatic carbocycles. The Balaban J connectivity index is 2.25. The van der Waals surface area contributed by atoms with E-state index in [1.165, 1.54) is 11.3 Å². The number of carboxylic acid groups (broad SMARTS) is 1. The number of aromatic carboxylic acids is 1. The molecule has 7 heteroatoms. The largest absolute Gasteiger partial charge is 0.477 e. The van der Waals surface area contributed by atoms with E-state index < -0.39 is 5.97 Å². The van der Waals surface area contributed by atoms with Crippen LogP contribution >= 0.6 is 11.3 Å². The van der Waals surface area contributed by atoms with Crippen LogP contribution in [0.3, 0.4) is 0 Å². The first kappa shape index (κ1) is 14.2. The van der Waals surface area contributed by atoms with Gasteiger partial charge in [-0.25, -0.2) is 9.78 Å². The number of hydrogen-bond acceptors (Lipinski definition) is 6. The average molecular weight is 285 g/mol. The standard InChI is InChI=1S/C12H19N3O3S/c1-8-6-14(2)4-5-15(8)12-13-9(7-18-3)10(19-12)11(16)17/h8H,4-7H2,1-3H3,(H,16,17). The highest BCUT2D eigenvalue weighted by atomic mass is 32.1. The number of thiazole rings is 1. The molecule has 1 N–H and O–H groups in total. The second kappa shape index (κ2) is 5.85. The van der Waals surface area contributed by atoms with Gasteiger partial charge in [-0.05, 0) is 14.0 Å². The Hall–Kier alpha value is -1.18. The molecule has 0 spiro atoms. The first-order valence-electron chi connectivity index (χ1n) is 6.20. The summed E-state index contributed by atoms with van der Waals surface area (Å²) in [5.41, 5.74) is 0.515. The van der Waals surface area contributed by atoms with Gasteiger partial charge in [0.1, 0.15) is 4.88 Å². The van der Waals surface area contributed by atoms with Crippen LogP contribution in [-0.2, 0) is 11.3 Å². The summed E-state index contributed by atoms with van der Waals surface area (Å²) < 4.78 is 5.02. The lowest BCUT2D eigenvalue weighted by atomic mass is 10.2. The molecule has 106 valence electrons. The van der Waals surface area contributed by atoms with Gasteiger partial charge in [-0.15, -0.1) is 0 Å². The van der Waals surface area contributed by atoms with Crippen LogP contribution in [0.25, 0.3) is 0 Å². The van der Waals surface area contributed by atoms with Gasteiger partial charge in [0.2, 0.25) is 0 Å². The van der Waals surface area contributed by atoms with Gasteiger partial charge in [0.05, 0.1) is 12.3 Å². The molecular formula is C12H19N3O3S. The quantitative estimate of drug-likeness (QED) is 0.894. The van der Waals surface area contributed by atoms with Crippen molar-refractivity contribution in [3.05, 3.63) is 10.6 Å². The van der Waals surface area contributed by atoms with Crippen molar-refractivity contribution in [3.8, 4) is 0 Å². The van der Waals surface area contributed by atoms with Crippen LogP contribution in [0.15, 0.2) is 0 Å². The van der Waals surface area contributed by atoms with E-state index in [1.807, 2.05) is 0 Å². The average Bonchev–Trinajstić information content (AvgIpc) is 2.73. The molecule has 2 heterocycles. The Morgan fingerprint density at radius 2 is 2.32 bits per heavy atom. The summed E-state index contributed by atoms with van der Waals surface area (Å²) in [7, 11) is 3.64. The first-order valence-corrected chi connectivity index (χ1v) is 7.01. The molecule has 0 amide bonds. The summed E-state index contributed by atoms with van der Waals surface area (Å²) in [4.78, 5) is 20.4. The number of piperazine rings is 1. The Bertz CT molecular complexity index is 463. The Labute approximate surface area is 116 Å². The Morgan fingerprint density at radius 1 is 1.58 bits per heavy atom. The van der Waals surface area contributed by atoms with Crippen LogP contribution in [0.5, 0.6) is 0 Å². The Morgan fingerprint density at radius 3 is 2.89 bits per heavy atom. The lowest BCUT2D eigenvalue weighted by molar-refractivity contribution is 0.0697. The van der Waals surface area contributed by atoms with Gasteiger partial charge in [-0.2, -0.15) is 0 Å². The van der Waals surface area contributed by atoms with E-state index >= 15 is 0 Å². The van der Waals surface area contributed by atoms with Crippen LogP contribution < -0.4 is 4.90 Å². The second-order valence-corrected chi connectivity index (χ2v) is 5.79. The minimum absolute atomic E-state index is 0.236. The van der Waals surface area contributed by atoms with E-state index in [2.05, 4.69) is 28.8 Å². The predicted molar refractivity (Wildman–Crippen MR) is 74.1 cm³/mol. The highest BCUT2D eigenvalue weighted by Gasteiger charge is 2.26. The monoisotopic (exact) mass is 285 g/mol. The summed E-state index contributed by atoms with van der Waals surface area (Å²) in [6.45, 7) is 5.16. The Kier molecular flexibility index (Phi) is 4.38. The number of anilines is 1. The van der Waals surface area contributed by atoms with E-state index in [0.29, 0.717) is 11.7 Å². The highest BCUT2D eigenvalue weighted by Crippen LogP contribution is 2.29. The molecule has 0 radical (unpaired) electrons. The molecule has 1 aliphatic heterocycles. The molecule has 2 rings (SSSR count). The van der Waals surface area contributed by atoms with E-state index in [1.54, 1.807) is 7.11 Å². The van der Waals surface area contributed by atoms with E-state index in [9.17, 15) is 9.90 Å². The highest BCUT2D eigenvalue weighted by molar-refractivity contribution is 7.17. The van der Waals surface area contributed by atoms with Gasteiger partial charge < -0.3 is 19.6 Å². The molecule has 0 bridgehead atoms. The predicted octanol–water partition coefficient (Wildman–Crippen LogP) is 1.13. The van der Waals surface area contributed by atoms with E-state index in [0.717, 1.165) is 24.8 Å². The van der Waals surface area contributed by atoms with Crippen LogP contribution in [0.1, 0.15) is 22.3 Å². The summed E-state index contributed by atoms with van der Waals surface area (Å²) in [5.74, 6) is -0.933. The topological polar surface area (TPSA) is 65.9 Å². The third-order valence-electron chi connectivity index (χ3n) is 3.24. The van der Waals surface area contributed by atoms with Crippen molar-refractivity contribution in [2.75, 3.05) is 38.7 Å². The van der Waals surface area contributed by atoms with Gasteiger partial charge in [0, 0.05) is 32.8 Å². The number of carbonyl (C=O) groups is 1. The van der Waals surface area contributed by atoms with Crippen molar-refractivity contribution < 1.29 is 14.6 Å². The lowest BCUT2D eigenvalue weighted by Crippen LogP contribution is -2.50. The van der Waals surface area contributed by atoms with Crippen molar-refractivity contribution in [3.63, 3.8) is 0 Å². The van der Waals surface area contributed by atoms with Crippen LogP contribution in [-0.4, -0.2) is 60.8 Å². The maximum absolute atomic E-state index is 11.2. The fraction of sp³-hybridized carbons (Fsp3) is 0.667. The molecule has 1 aromatic heterocycles. The molecule has 19 heavy (non-hydrogen) atoms. The van der Waals surface area contributed by atoms with Crippen LogP contribution in [0.2, 0.25) is 0 Å². The number of ether oxygens (including phenoxy) is 1. The number of carboxylic acids is 1. The summed E-state index contributed by atoms with van der Waals surface area (Å²) >= 11 is 1.24. The molecule has 0 aromatic carbocycles. The zero-order valence-electron chi connectivity index (χ0n) is 11.4. The third-order valence-corrected chi connectivity index (χ3v) is 4.36. The number of methoxy groups -OCH3 is 1. The van der Waals surface area contributed by atoms with Gasteiger partial charge in [-0.1, -0.05) is 11.3 Å². The zero-order valence-corrected chi connectivity index (χ0v) is 12.2. The molecule has 1 saturated heterocycles. The number of hydrogen-bond donors (Lipinski definition) is 1. The van der Waals surface area contributed by atoms with E-state index in [4.69, 9.17) is 4.74 Å². The molecule has 1 unspecified atom stereocenters. The first-order chi connectivity index (χ1) is 9.02. The minimum atomic E-state index is -0.933. The zero-order chi connectivity index (χ0) is 14.0. The maximum atomic E-state index is 11.2. The smallest absolute Gasteiger partial charge is 0.347 e. The maximum Gasteiger partial charge on any atom is 0.347 e. The lowest BCUT2D eigenvalue weighted by Gasteiger charge is -2.38. The van der Waals surface area contributed by atoms with E-state index in [-0.39, 0.29) is 11.5 Å². The fourth-order valence-corrected chi connectivity index (χ4v) is 3.32. The molecule has 0 saturated carbocycles. The summed E-state index contributed by atoms with van der Waals surface area (Å²) in [6.07, 6.45) is 0. The van der Waals surface area contributed by atoms with Gasteiger partial charge >= 0.3 is 5.97 Å². The summed E-state index contributed by atoms with van der Waals surface area (Å²) in [6, 6.07) is 0.335. The third kappa shape index (κ3) is 3.05. The molecule has 1 fully saturated rings. The molecule has 1 aromatic rings. The van der Waals surface area contributed by atoms with Crippen molar-refractivity contribution in [1.82, 2.24) is 9.88 Å². The van der Waals surface area contributed by atoms with Gasteiger partial charge in [0.15, 0.2) is 5.13 Å². The molecule has 1 aliphatic rings. The number of aromatic nitrogens is 1. The molecule has 6 nitrogen and oxygen atoms in total. The van der Waals surface area contributed by atoms with Crippen molar-refractivity contribution in [1.29, 1.82) is 0 Å². The van der Waals surface area contributed by atoms with Crippen molar-refractivity contribution in [2.24, 2.45) is 0 Å². The number of rotatable bonds is 4. The van der Waals surface area contributed by atoms with Gasteiger partial charge in [0.25, 0.3) is 0 Å². The molecular weight excluding hydrogens is 266 g/mol. The normalized spacial score (nSPS) is 20.8. The SMILES string of the molecule is COCc1nc(N2CCN(C)CC2C)sc1C(=O)O. The fourth-order valence-electron chi connectivity index (χ4n) is 2.29. The van der Waals surface area contributed by atoms with Crippen molar-refractivity contribution in [2.45, 2.75) is 19.6 Å². The van der Waals surface area contributed by atoms with Crippen LogP contribution in [0.4, 0.5) is 5.13 Å². The number of likely N-dealkylation sites (N-methyl/N-ethyl adjacent to an activating group) is 1. The summed E-state index contributed by atoms with van der Waals surface area (Å²) in [5, 5.41) is 9.98. The molecule has 1 atom stereocenters. The van der Waals surface area contributed by atoms with Crippen molar-refractivity contribution >= 4 is 22.4 Å². The minimum Gasteiger partial charge on any atom is -0.477 e. The van der Waals surface area contributed by atoms with Gasteiger partial charge in [-0.3, -0.25) is 0 Å².